The average molecular weight is 177 g/mol. The van der Waals surface area contributed by atoms with E-state index in [-0.39, 0.29) is 13.2 Å². The lowest BCUT2D eigenvalue weighted by atomic mass is 10.2. The van der Waals surface area contributed by atoms with Crippen LogP contribution in [0.3, 0.4) is 0 Å². The van der Waals surface area contributed by atoms with Gasteiger partial charge in [0.15, 0.2) is 0 Å². The van der Waals surface area contributed by atoms with Crippen LogP contribution >= 0.6 is 0 Å². The lowest BCUT2D eigenvalue weighted by Crippen LogP contribution is -2.06. The first-order chi connectivity index (χ1) is 6.38. The topological polar surface area (TPSA) is 42.4 Å². The molecule has 1 N–H and O–H groups in total. The van der Waals surface area contributed by atoms with Gasteiger partial charge in [0.1, 0.15) is 6.10 Å². The first-order valence-electron chi connectivity index (χ1n) is 3.97. The SMILES string of the molecule is C#C[C@@H](OCCO)c1cccnc1. The minimum Gasteiger partial charge on any atom is -0.394 e. The summed E-state index contributed by atoms with van der Waals surface area (Å²) in [6.07, 6.45) is 8.17. The molecular weight excluding hydrogens is 166 g/mol. The molecule has 3 nitrogen and oxygen atoms in total. The van der Waals surface area contributed by atoms with Gasteiger partial charge in [-0.25, -0.2) is 0 Å². The lowest BCUT2D eigenvalue weighted by Gasteiger charge is -2.10. The largest absolute Gasteiger partial charge is 0.394 e. The molecule has 0 unspecified atom stereocenters. The highest BCUT2D eigenvalue weighted by Crippen LogP contribution is 2.13. The van der Waals surface area contributed by atoms with Crippen molar-refractivity contribution >= 4 is 0 Å². The maximum atomic E-state index is 8.55. The Morgan fingerprint density at radius 2 is 2.54 bits per heavy atom. The zero-order chi connectivity index (χ0) is 9.52. The average Bonchev–Trinajstić information content (AvgIpc) is 2.21. The Hall–Kier alpha value is -1.37. The number of hydrogen-bond donors (Lipinski definition) is 1. The minimum atomic E-state index is -0.416. The quantitative estimate of drug-likeness (QED) is 0.690. The fraction of sp³-hybridized carbons (Fsp3) is 0.300. The maximum Gasteiger partial charge on any atom is 0.144 e. The van der Waals surface area contributed by atoms with E-state index in [0.717, 1.165) is 5.56 Å². The fourth-order valence-electron chi connectivity index (χ4n) is 0.942. The van der Waals surface area contributed by atoms with Gasteiger partial charge < -0.3 is 9.84 Å². The molecule has 0 spiro atoms. The molecule has 3 heteroatoms. The predicted molar refractivity (Wildman–Crippen MR) is 48.8 cm³/mol. The van der Waals surface area contributed by atoms with Crippen molar-refractivity contribution in [3.05, 3.63) is 30.1 Å². The zero-order valence-electron chi connectivity index (χ0n) is 7.18. The molecule has 68 valence electrons. The smallest absolute Gasteiger partial charge is 0.144 e. The third kappa shape index (κ3) is 2.86. The van der Waals surface area contributed by atoms with Crippen molar-refractivity contribution in [1.29, 1.82) is 0 Å². The number of aromatic nitrogens is 1. The van der Waals surface area contributed by atoms with Crippen LogP contribution in [0.1, 0.15) is 11.7 Å². The Morgan fingerprint density at radius 1 is 1.69 bits per heavy atom. The van der Waals surface area contributed by atoms with Gasteiger partial charge in [-0.05, 0) is 6.07 Å². The molecule has 1 aromatic heterocycles. The molecule has 0 aromatic carbocycles. The van der Waals surface area contributed by atoms with Crippen molar-refractivity contribution in [2.24, 2.45) is 0 Å². The van der Waals surface area contributed by atoms with E-state index < -0.39 is 6.10 Å². The number of rotatable bonds is 4. The van der Waals surface area contributed by atoms with Crippen LogP contribution in [-0.4, -0.2) is 23.3 Å². The summed E-state index contributed by atoms with van der Waals surface area (Å²) in [5, 5.41) is 8.55. The molecule has 1 heterocycles. The van der Waals surface area contributed by atoms with Gasteiger partial charge >= 0.3 is 0 Å². The second-order valence-corrected chi connectivity index (χ2v) is 2.43. The molecule has 0 fully saturated rings. The molecule has 0 amide bonds. The van der Waals surface area contributed by atoms with Crippen LogP contribution in [0, 0.1) is 12.3 Å². The molecule has 0 saturated carbocycles. The van der Waals surface area contributed by atoms with E-state index in [2.05, 4.69) is 10.9 Å². The zero-order valence-corrected chi connectivity index (χ0v) is 7.18. The van der Waals surface area contributed by atoms with Gasteiger partial charge in [0, 0.05) is 18.0 Å². The Bertz CT molecular complexity index is 279. The van der Waals surface area contributed by atoms with Gasteiger partial charge in [-0.2, -0.15) is 0 Å². The van der Waals surface area contributed by atoms with Crippen molar-refractivity contribution < 1.29 is 9.84 Å². The molecule has 1 atom stereocenters. The maximum absolute atomic E-state index is 8.55. The molecule has 0 bridgehead atoms. The van der Waals surface area contributed by atoms with Crippen LogP contribution in [0.2, 0.25) is 0 Å². The highest BCUT2D eigenvalue weighted by Gasteiger charge is 2.06. The molecule has 1 aromatic rings. The fourth-order valence-corrected chi connectivity index (χ4v) is 0.942. The normalized spacial score (nSPS) is 12.0. The highest BCUT2D eigenvalue weighted by molar-refractivity contribution is 5.19. The number of aliphatic hydroxyl groups is 1. The molecule has 0 aliphatic carbocycles. The summed E-state index contributed by atoms with van der Waals surface area (Å²) in [6.45, 7) is 0.211. The minimum absolute atomic E-state index is 0.0293. The van der Waals surface area contributed by atoms with Crippen LogP contribution in [0.5, 0.6) is 0 Å². The van der Waals surface area contributed by atoms with Crippen LogP contribution in [0.15, 0.2) is 24.5 Å². The Balaban J connectivity index is 2.63. The predicted octanol–water partition coefficient (Wildman–Crippen LogP) is 0.765. The summed E-state index contributed by atoms with van der Waals surface area (Å²) in [4.78, 5) is 3.92. The second-order valence-electron chi connectivity index (χ2n) is 2.43. The van der Waals surface area contributed by atoms with E-state index in [1.165, 1.54) is 0 Å². The van der Waals surface area contributed by atoms with Crippen molar-refractivity contribution in [3.63, 3.8) is 0 Å². The van der Waals surface area contributed by atoms with Crippen LogP contribution in [-0.2, 0) is 4.74 Å². The number of hydrogen-bond acceptors (Lipinski definition) is 3. The summed E-state index contributed by atoms with van der Waals surface area (Å²) < 4.78 is 5.20. The molecule has 0 radical (unpaired) electrons. The van der Waals surface area contributed by atoms with E-state index in [1.807, 2.05) is 6.07 Å². The Labute approximate surface area is 77.4 Å². The summed E-state index contributed by atoms with van der Waals surface area (Å²) in [6, 6.07) is 3.64. The summed E-state index contributed by atoms with van der Waals surface area (Å²) in [7, 11) is 0. The number of terminal acetylenes is 1. The van der Waals surface area contributed by atoms with Gasteiger partial charge in [0.2, 0.25) is 0 Å². The van der Waals surface area contributed by atoms with Gasteiger partial charge in [0.25, 0.3) is 0 Å². The third-order valence-electron chi connectivity index (χ3n) is 1.51. The molecular formula is C10H11NO2. The standard InChI is InChI=1S/C10H11NO2/c1-2-10(13-7-6-12)9-4-3-5-11-8-9/h1,3-5,8,10,12H,6-7H2/t10-/m1/s1. The number of aliphatic hydroxyl groups excluding tert-OH is 1. The van der Waals surface area contributed by atoms with E-state index in [9.17, 15) is 0 Å². The molecule has 0 aliphatic rings. The van der Waals surface area contributed by atoms with Crippen LogP contribution in [0.4, 0.5) is 0 Å². The summed E-state index contributed by atoms with van der Waals surface area (Å²) in [5.41, 5.74) is 0.832. The summed E-state index contributed by atoms with van der Waals surface area (Å²) >= 11 is 0. The van der Waals surface area contributed by atoms with Crippen molar-refractivity contribution in [1.82, 2.24) is 4.98 Å². The highest BCUT2D eigenvalue weighted by atomic mass is 16.5. The van der Waals surface area contributed by atoms with Crippen molar-refractivity contribution in [2.45, 2.75) is 6.10 Å². The lowest BCUT2D eigenvalue weighted by molar-refractivity contribution is 0.0591. The van der Waals surface area contributed by atoms with Gasteiger partial charge in [-0.15, -0.1) is 6.42 Å². The number of ether oxygens (including phenoxy) is 1. The van der Waals surface area contributed by atoms with E-state index in [0.29, 0.717) is 0 Å². The number of nitrogens with zero attached hydrogens (tertiary/aromatic N) is 1. The van der Waals surface area contributed by atoms with Gasteiger partial charge in [-0.1, -0.05) is 12.0 Å². The third-order valence-corrected chi connectivity index (χ3v) is 1.51. The monoisotopic (exact) mass is 177 g/mol. The summed E-state index contributed by atoms with van der Waals surface area (Å²) in [5.74, 6) is 2.48. The van der Waals surface area contributed by atoms with Crippen LogP contribution in [0.25, 0.3) is 0 Å². The van der Waals surface area contributed by atoms with Gasteiger partial charge in [-0.3, -0.25) is 4.98 Å². The first-order valence-corrected chi connectivity index (χ1v) is 3.97. The Morgan fingerprint density at radius 3 is 3.08 bits per heavy atom. The molecule has 13 heavy (non-hydrogen) atoms. The van der Waals surface area contributed by atoms with E-state index in [4.69, 9.17) is 16.3 Å². The van der Waals surface area contributed by atoms with E-state index in [1.54, 1.807) is 18.5 Å². The van der Waals surface area contributed by atoms with E-state index >= 15 is 0 Å². The van der Waals surface area contributed by atoms with Gasteiger partial charge in [0.05, 0.1) is 13.2 Å². The molecule has 0 aliphatic heterocycles. The van der Waals surface area contributed by atoms with Crippen LogP contribution < -0.4 is 0 Å². The van der Waals surface area contributed by atoms with Crippen molar-refractivity contribution in [2.75, 3.05) is 13.2 Å². The Kier molecular flexibility index (Phi) is 3.97. The molecule has 0 saturated heterocycles. The number of pyridine rings is 1. The first kappa shape index (κ1) is 9.72. The van der Waals surface area contributed by atoms with Crippen molar-refractivity contribution in [3.8, 4) is 12.3 Å². The molecule has 1 rings (SSSR count). The second kappa shape index (κ2) is 5.31.